The van der Waals surface area contributed by atoms with Gasteiger partial charge in [-0.25, -0.2) is 4.39 Å². The highest BCUT2D eigenvalue weighted by Gasteiger charge is 2.25. The van der Waals surface area contributed by atoms with E-state index in [1.165, 1.54) is 31.5 Å². The molecule has 1 aromatic carbocycles. The fraction of sp³-hybridized carbons (Fsp3) is 0.571. The van der Waals surface area contributed by atoms with Gasteiger partial charge in [-0.05, 0) is 37.6 Å². The van der Waals surface area contributed by atoms with Crippen LogP contribution in [0.1, 0.15) is 29.9 Å². The molecule has 3 heteroatoms. The molecule has 0 amide bonds. The van der Waals surface area contributed by atoms with Gasteiger partial charge in [-0.15, -0.1) is 0 Å². The highest BCUT2D eigenvalue weighted by atomic mass is 19.1. The molecule has 1 atom stereocenters. The summed E-state index contributed by atoms with van der Waals surface area (Å²) in [7, 11) is 0. The van der Waals surface area contributed by atoms with Crippen molar-refractivity contribution in [3.8, 4) is 0 Å². The first-order valence-corrected chi connectivity index (χ1v) is 6.55. The summed E-state index contributed by atoms with van der Waals surface area (Å²) in [6.45, 7) is 5.15. The van der Waals surface area contributed by atoms with E-state index in [9.17, 15) is 4.39 Å². The van der Waals surface area contributed by atoms with Crippen molar-refractivity contribution < 1.29 is 4.39 Å². The minimum atomic E-state index is -0.0545. The van der Waals surface area contributed by atoms with Crippen LogP contribution < -0.4 is 5.32 Å². The van der Waals surface area contributed by atoms with Crippen molar-refractivity contribution in [2.24, 2.45) is 0 Å². The van der Waals surface area contributed by atoms with Crippen molar-refractivity contribution in [3.05, 3.63) is 35.1 Å². The van der Waals surface area contributed by atoms with Gasteiger partial charge in [0.15, 0.2) is 0 Å². The van der Waals surface area contributed by atoms with E-state index in [1.54, 1.807) is 6.07 Å². The average Bonchev–Trinajstić information content (AvgIpc) is 2.83. The van der Waals surface area contributed by atoms with Crippen molar-refractivity contribution in [1.29, 1.82) is 0 Å². The topological polar surface area (TPSA) is 15.3 Å². The van der Waals surface area contributed by atoms with E-state index in [2.05, 4.69) is 16.3 Å². The molecule has 0 radical (unpaired) electrons. The first kappa shape index (κ1) is 11.2. The molecule has 1 unspecified atom stereocenters. The summed E-state index contributed by atoms with van der Waals surface area (Å²) >= 11 is 0. The third-order valence-electron chi connectivity index (χ3n) is 3.96. The zero-order valence-corrected chi connectivity index (χ0v) is 10.1. The molecule has 92 valence electrons. The predicted octanol–water partition coefficient (Wildman–Crippen LogP) is 2.11. The Morgan fingerprint density at radius 2 is 2.12 bits per heavy atom. The normalized spacial score (nSPS) is 24.9. The lowest BCUT2D eigenvalue weighted by Crippen LogP contribution is -2.36. The third kappa shape index (κ3) is 2.22. The number of likely N-dealkylation sites (tertiary alicyclic amines) is 1. The number of hydrogen-bond acceptors (Lipinski definition) is 2. The second kappa shape index (κ2) is 4.75. The molecule has 1 fully saturated rings. The Balaban J connectivity index is 1.81. The molecule has 1 N–H and O–H groups in total. The van der Waals surface area contributed by atoms with Crippen molar-refractivity contribution in [2.45, 2.75) is 25.3 Å². The summed E-state index contributed by atoms with van der Waals surface area (Å²) in [5, 5.41) is 3.34. The molecule has 0 aliphatic carbocycles. The maximum absolute atomic E-state index is 13.7. The molecule has 2 aliphatic heterocycles. The van der Waals surface area contributed by atoms with Crippen LogP contribution in [0, 0.1) is 5.82 Å². The second-order valence-electron chi connectivity index (χ2n) is 5.14. The Labute approximate surface area is 102 Å². The summed E-state index contributed by atoms with van der Waals surface area (Å²) in [5.41, 5.74) is 2.10. The Kier molecular flexibility index (Phi) is 3.12. The Hall–Kier alpha value is -0.930. The van der Waals surface area contributed by atoms with Gasteiger partial charge >= 0.3 is 0 Å². The summed E-state index contributed by atoms with van der Waals surface area (Å²) in [5.74, 6) is 0.397. The Morgan fingerprint density at radius 1 is 1.29 bits per heavy atom. The lowest BCUT2D eigenvalue weighted by Gasteiger charge is -2.30. The minimum Gasteiger partial charge on any atom is -0.312 e. The summed E-state index contributed by atoms with van der Waals surface area (Å²) in [4.78, 5) is 2.51. The van der Waals surface area contributed by atoms with Gasteiger partial charge in [0.1, 0.15) is 5.82 Å². The number of halogens is 1. The Bertz CT molecular complexity index is 399. The van der Waals surface area contributed by atoms with E-state index in [0.717, 1.165) is 18.7 Å². The average molecular weight is 234 g/mol. The highest BCUT2D eigenvalue weighted by molar-refractivity contribution is 5.34. The SMILES string of the molecule is Fc1cccc2c1CNCC2CN1CCCC1. The van der Waals surface area contributed by atoms with Crippen LogP contribution in [-0.2, 0) is 6.54 Å². The largest absolute Gasteiger partial charge is 0.312 e. The van der Waals surface area contributed by atoms with Gasteiger partial charge in [0.25, 0.3) is 0 Å². The molecule has 0 saturated carbocycles. The highest BCUT2D eigenvalue weighted by Crippen LogP contribution is 2.27. The fourth-order valence-electron chi connectivity index (χ4n) is 3.07. The van der Waals surface area contributed by atoms with Gasteiger partial charge in [0.2, 0.25) is 0 Å². The molecule has 1 aromatic rings. The third-order valence-corrected chi connectivity index (χ3v) is 3.96. The lowest BCUT2D eigenvalue weighted by molar-refractivity contribution is 0.302. The molecule has 0 bridgehead atoms. The molecular weight excluding hydrogens is 215 g/mol. The number of rotatable bonds is 2. The molecule has 0 spiro atoms. The molecule has 2 nitrogen and oxygen atoms in total. The predicted molar refractivity (Wildman–Crippen MR) is 66.5 cm³/mol. The van der Waals surface area contributed by atoms with Crippen LogP contribution in [0.15, 0.2) is 18.2 Å². The minimum absolute atomic E-state index is 0.0545. The summed E-state index contributed by atoms with van der Waals surface area (Å²) in [6, 6.07) is 5.51. The van der Waals surface area contributed by atoms with Gasteiger partial charge in [-0.2, -0.15) is 0 Å². The lowest BCUT2D eigenvalue weighted by atomic mass is 9.90. The Morgan fingerprint density at radius 3 is 2.94 bits per heavy atom. The van der Waals surface area contributed by atoms with Crippen LogP contribution in [0.2, 0.25) is 0 Å². The van der Waals surface area contributed by atoms with Gasteiger partial charge in [0, 0.05) is 31.1 Å². The first-order valence-electron chi connectivity index (χ1n) is 6.55. The smallest absolute Gasteiger partial charge is 0.127 e. The van der Waals surface area contributed by atoms with E-state index < -0.39 is 0 Å². The molecule has 17 heavy (non-hydrogen) atoms. The van der Waals surface area contributed by atoms with Crippen molar-refractivity contribution in [3.63, 3.8) is 0 Å². The quantitative estimate of drug-likeness (QED) is 0.843. The summed E-state index contributed by atoms with van der Waals surface area (Å²) < 4.78 is 13.7. The van der Waals surface area contributed by atoms with Crippen LogP contribution in [-0.4, -0.2) is 31.1 Å². The monoisotopic (exact) mass is 234 g/mol. The van der Waals surface area contributed by atoms with E-state index in [1.807, 2.05) is 6.07 Å². The van der Waals surface area contributed by atoms with E-state index >= 15 is 0 Å². The number of hydrogen-bond donors (Lipinski definition) is 1. The number of benzene rings is 1. The van der Waals surface area contributed by atoms with Crippen LogP contribution in [0.25, 0.3) is 0 Å². The van der Waals surface area contributed by atoms with Crippen molar-refractivity contribution in [1.82, 2.24) is 10.2 Å². The molecule has 2 aliphatic rings. The second-order valence-corrected chi connectivity index (χ2v) is 5.14. The summed E-state index contributed by atoms with van der Waals surface area (Å²) in [6.07, 6.45) is 2.63. The van der Waals surface area contributed by atoms with Gasteiger partial charge < -0.3 is 10.2 Å². The van der Waals surface area contributed by atoms with E-state index in [-0.39, 0.29) is 5.82 Å². The first-order chi connectivity index (χ1) is 8.34. The van der Waals surface area contributed by atoms with E-state index in [4.69, 9.17) is 0 Å². The molecule has 0 aromatic heterocycles. The zero-order chi connectivity index (χ0) is 11.7. The van der Waals surface area contributed by atoms with Crippen molar-refractivity contribution in [2.75, 3.05) is 26.2 Å². The molecule has 2 heterocycles. The number of fused-ring (bicyclic) bond motifs is 1. The standard InChI is InChI=1S/C14H19FN2/c15-14-5-3-4-12-11(8-16-9-13(12)14)10-17-6-1-2-7-17/h3-5,11,16H,1-2,6-10H2. The fourth-order valence-corrected chi connectivity index (χ4v) is 3.07. The molecule has 3 rings (SSSR count). The number of nitrogens with one attached hydrogen (secondary N) is 1. The van der Waals surface area contributed by atoms with Gasteiger partial charge in [0.05, 0.1) is 0 Å². The van der Waals surface area contributed by atoms with Gasteiger partial charge in [-0.1, -0.05) is 12.1 Å². The zero-order valence-electron chi connectivity index (χ0n) is 10.1. The van der Waals surface area contributed by atoms with Crippen LogP contribution in [0.3, 0.4) is 0 Å². The molecule has 1 saturated heterocycles. The van der Waals surface area contributed by atoms with Crippen LogP contribution in [0.4, 0.5) is 4.39 Å². The number of nitrogens with zero attached hydrogens (tertiary/aromatic N) is 1. The van der Waals surface area contributed by atoms with Crippen LogP contribution >= 0.6 is 0 Å². The maximum Gasteiger partial charge on any atom is 0.127 e. The van der Waals surface area contributed by atoms with E-state index in [0.29, 0.717) is 12.5 Å². The van der Waals surface area contributed by atoms with Gasteiger partial charge in [-0.3, -0.25) is 0 Å². The van der Waals surface area contributed by atoms with Crippen LogP contribution in [0.5, 0.6) is 0 Å². The molecular formula is C14H19FN2. The maximum atomic E-state index is 13.7. The van der Waals surface area contributed by atoms with Crippen molar-refractivity contribution >= 4 is 0 Å².